The van der Waals surface area contributed by atoms with E-state index in [-0.39, 0.29) is 0 Å². The molecule has 0 radical (unpaired) electrons. The summed E-state index contributed by atoms with van der Waals surface area (Å²) < 4.78 is 11.5. The molecule has 0 amide bonds. The van der Waals surface area contributed by atoms with Crippen LogP contribution in [0, 0.1) is 5.92 Å². The molecule has 13 heavy (non-hydrogen) atoms. The van der Waals surface area contributed by atoms with E-state index < -0.39 is 8.56 Å². The smallest absolute Gasteiger partial charge is 0.334 e. The predicted octanol–water partition coefficient (Wildman–Crippen LogP) is 2.93. The molecule has 1 saturated carbocycles. The van der Waals surface area contributed by atoms with Crippen molar-refractivity contribution in [3.05, 3.63) is 0 Å². The van der Waals surface area contributed by atoms with Crippen molar-refractivity contribution < 1.29 is 8.85 Å². The van der Waals surface area contributed by atoms with Crippen LogP contribution in [0.1, 0.15) is 32.6 Å². The molecule has 0 aromatic carbocycles. The predicted molar refractivity (Wildman–Crippen MR) is 57.0 cm³/mol. The Balaban J connectivity index is 2.19. The zero-order valence-electron chi connectivity index (χ0n) is 9.14. The molecule has 1 aliphatic carbocycles. The lowest BCUT2D eigenvalue weighted by atomic mass is 10.4. The Bertz CT molecular complexity index is 148. The first-order chi connectivity index (χ1) is 6.20. The molecule has 0 aliphatic heterocycles. The zero-order chi connectivity index (χ0) is 9.73. The fraction of sp³-hybridized carbons (Fsp3) is 1.00. The molecule has 3 heteroatoms. The molecule has 78 valence electrons. The number of unbranched alkanes of at least 4 members (excludes halogenated alkanes) is 1. The molecule has 1 rings (SSSR count). The molecular formula is C10H22O2Si. The van der Waals surface area contributed by atoms with E-state index in [0.717, 1.165) is 18.6 Å². The Hall–Kier alpha value is 0.137. The number of hydrogen-bond acceptors (Lipinski definition) is 2. The summed E-state index contributed by atoms with van der Waals surface area (Å²) in [6, 6.07) is 1.15. The SMILES string of the molecule is CCCC[Si](C)(OC)OCC1CC1. The van der Waals surface area contributed by atoms with E-state index in [1.807, 2.05) is 0 Å². The normalized spacial score (nSPS) is 21.5. The molecule has 1 unspecified atom stereocenters. The van der Waals surface area contributed by atoms with Gasteiger partial charge in [-0.05, 0) is 31.4 Å². The Morgan fingerprint density at radius 2 is 2.08 bits per heavy atom. The maximum absolute atomic E-state index is 5.92. The number of hydrogen-bond donors (Lipinski definition) is 0. The van der Waals surface area contributed by atoms with Crippen molar-refractivity contribution in [3.63, 3.8) is 0 Å². The molecule has 1 fully saturated rings. The second-order valence-electron chi connectivity index (χ2n) is 4.20. The highest BCUT2D eigenvalue weighted by Crippen LogP contribution is 2.30. The summed E-state index contributed by atoms with van der Waals surface area (Å²) in [6.07, 6.45) is 5.20. The van der Waals surface area contributed by atoms with Crippen molar-refractivity contribution in [1.29, 1.82) is 0 Å². The molecule has 0 N–H and O–H groups in total. The van der Waals surface area contributed by atoms with Crippen molar-refractivity contribution >= 4 is 8.56 Å². The monoisotopic (exact) mass is 202 g/mol. The van der Waals surface area contributed by atoms with Gasteiger partial charge in [0.25, 0.3) is 0 Å². The summed E-state index contributed by atoms with van der Waals surface area (Å²) in [7, 11) is 0.0332. The summed E-state index contributed by atoms with van der Waals surface area (Å²) in [4.78, 5) is 0. The fourth-order valence-electron chi connectivity index (χ4n) is 1.31. The first kappa shape index (κ1) is 11.2. The van der Waals surface area contributed by atoms with E-state index in [0.29, 0.717) is 0 Å². The van der Waals surface area contributed by atoms with Crippen LogP contribution in [0.5, 0.6) is 0 Å². The van der Waals surface area contributed by atoms with Gasteiger partial charge < -0.3 is 8.85 Å². The zero-order valence-corrected chi connectivity index (χ0v) is 10.1. The fourth-order valence-corrected chi connectivity index (χ4v) is 3.36. The highest BCUT2D eigenvalue weighted by atomic mass is 28.4. The lowest BCUT2D eigenvalue weighted by Crippen LogP contribution is -2.37. The van der Waals surface area contributed by atoms with E-state index in [2.05, 4.69) is 13.5 Å². The van der Waals surface area contributed by atoms with Gasteiger partial charge in [-0.2, -0.15) is 0 Å². The quantitative estimate of drug-likeness (QED) is 0.591. The van der Waals surface area contributed by atoms with Gasteiger partial charge in [-0.1, -0.05) is 19.8 Å². The van der Waals surface area contributed by atoms with Crippen molar-refractivity contribution in [2.45, 2.75) is 45.2 Å². The van der Waals surface area contributed by atoms with Crippen LogP contribution in [-0.2, 0) is 8.85 Å². The van der Waals surface area contributed by atoms with E-state index in [4.69, 9.17) is 8.85 Å². The second kappa shape index (κ2) is 5.13. The minimum atomic E-state index is -1.77. The van der Waals surface area contributed by atoms with Crippen LogP contribution in [-0.4, -0.2) is 22.3 Å². The molecule has 0 bridgehead atoms. The van der Waals surface area contributed by atoms with E-state index in [1.165, 1.54) is 25.7 Å². The third-order valence-corrected chi connectivity index (χ3v) is 5.64. The van der Waals surface area contributed by atoms with E-state index in [1.54, 1.807) is 7.11 Å². The van der Waals surface area contributed by atoms with Crippen molar-refractivity contribution in [3.8, 4) is 0 Å². The summed E-state index contributed by atoms with van der Waals surface area (Å²) in [5.41, 5.74) is 0. The average molecular weight is 202 g/mol. The molecule has 0 aromatic rings. The van der Waals surface area contributed by atoms with Crippen molar-refractivity contribution in [2.75, 3.05) is 13.7 Å². The van der Waals surface area contributed by atoms with Gasteiger partial charge in [0.1, 0.15) is 0 Å². The molecule has 1 aliphatic rings. The van der Waals surface area contributed by atoms with Crippen LogP contribution in [0.2, 0.25) is 12.6 Å². The van der Waals surface area contributed by atoms with Crippen LogP contribution in [0.25, 0.3) is 0 Å². The average Bonchev–Trinajstić information content (AvgIpc) is 2.95. The third-order valence-electron chi connectivity index (χ3n) is 2.74. The van der Waals surface area contributed by atoms with Gasteiger partial charge >= 0.3 is 8.56 Å². The minimum Gasteiger partial charge on any atom is -0.398 e. The Morgan fingerprint density at radius 3 is 2.54 bits per heavy atom. The largest absolute Gasteiger partial charge is 0.398 e. The molecule has 2 nitrogen and oxygen atoms in total. The van der Waals surface area contributed by atoms with Gasteiger partial charge in [-0.3, -0.25) is 0 Å². The summed E-state index contributed by atoms with van der Waals surface area (Å²) in [5.74, 6) is 0.851. The van der Waals surface area contributed by atoms with Gasteiger partial charge in [-0.25, -0.2) is 0 Å². The van der Waals surface area contributed by atoms with Crippen molar-refractivity contribution in [1.82, 2.24) is 0 Å². The lowest BCUT2D eigenvalue weighted by molar-refractivity contribution is 0.195. The summed E-state index contributed by atoms with van der Waals surface area (Å²) >= 11 is 0. The van der Waals surface area contributed by atoms with Crippen LogP contribution in [0.15, 0.2) is 0 Å². The number of rotatable bonds is 7. The Morgan fingerprint density at radius 1 is 1.38 bits per heavy atom. The summed E-state index contributed by atoms with van der Waals surface area (Å²) in [5, 5.41) is 0. The highest BCUT2D eigenvalue weighted by molar-refractivity contribution is 6.65. The Labute approximate surface area is 82.9 Å². The third kappa shape index (κ3) is 4.25. The Kier molecular flexibility index (Phi) is 4.42. The van der Waals surface area contributed by atoms with Gasteiger partial charge in [-0.15, -0.1) is 0 Å². The summed E-state index contributed by atoms with van der Waals surface area (Å²) in [6.45, 7) is 5.34. The van der Waals surface area contributed by atoms with Crippen molar-refractivity contribution in [2.24, 2.45) is 5.92 Å². The maximum atomic E-state index is 5.92. The van der Waals surface area contributed by atoms with Crippen LogP contribution in [0.3, 0.4) is 0 Å². The van der Waals surface area contributed by atoms with Crippen LogP contribution >= 0.6 is 0 Å². The van der Waals surface area contributed by atoms with Crippen LogP contribution in [0.4, 0.5) is 0 Å². The minimum absolute atomic E-state index is 0.851. The lowest BCUT2D eigenvalue weighted by Gasteiger charge is -2.24. The molecule has 0 saturated heterocycles. The molecular weight excluding hydrogens is 180 g/mol. The van der Waals surface area contributed by atoms with E-state index >= 15 is 0 Å². The standard InChI is InChI=1S/C10H22O2Si/c1-4-5-8-13(3,11-2)12-9-10-6-7-10/h10H,4-9H2,1-3H3. The topological polar surface area (TPSA) is 18.5 Å². The first-order valence-corrected chi connectivity index (χ1v) is 7.91. The molecule has 0 spiro atoms. The van der Waals surface area contributed by atoms with Gasteiger partial charge in [0.05, 0.1) is 0 Å². The van der Waals surface area contributed by atoms with Gasteiger partial charge in [0.2, 0.25) is 0 Å². The van der Waals surface area contributed by atoms with Crippen LogP contribution < -0.4 is 0 Å². The molecule has 1 atom stereocenters. The second-order valence-corrected chi connectivity index (χ2v) is 7.66. The van der Waals surface area contributed by atoms with E-state index in [9.17, 15) is 0 Å². The maximum Gasteiger partial charge on any atom is 0.334 e. The molecule has 0 aromatic heterocycles. The first-order valence-electron chi connectivity index (χ1n) is 5.39. The van der Waals surface area contributed by atoms with Gasteiger partial charge in [0.15, 0.2) is 0 Å². The highest BCUT2D eigenvalue weighted by Gasteiger charge is 2.32. The van der Waals surface area contributed by atoms with Gasteiger partial charge in [0, 0.05) is 13.7 Å². The molecule has 0 heterocycles.